The Hall–Kier alpha value is -2.73. The molecule has 4 rings (SSSR count). The highest BCUT2D eigenvalue weighted by Gasteiger charge is 2.34. The lowest BCUT2D eigenvalue weighted by atomic mass is 10.0. The SMILES string of the molecule is C=C(C)Cn1c(-c2ccccc2)nc2sc3c(c2c1=O)C(C(=O)O)CC3. The maximum absolute atomic E-state index is 13.3. The Bertz CT molecular complexity index is 1100. The number of hydrogen-bond acceptors (Lipinski definition) is 4. The number of hydrogen-bond donors (Lipinski definition) is 1. The predicted molar refractivity (Wildman–Crippen MR) is 103 cm³/mol. The summed E-state index contributed by atoms with van der Waals surface area (Å²) in [6, 6.07) is 9.57. The number of carboxylic acids is 1. The lowest BCUT2D eigenvalue weighted by Gasteiger charge is -2.13. The van der Waals surface area contributed by atoms with Crippen molar-refractivity contribution >= 4 is 27.5 Å². The number of allylic oxidation sites excluding steroid dienone is 1. The van der Waals surface area contributed by atoms with Crippen LogP contribution < -0.4 is 5.56 Å². The summed E-state index contributed by atoms with van der Waals surface area (Å²) in [5.74, 6) is -0.895. The molecule has 0 saturated heterocycles. The third kappa shape index (κ3) is 2.57. The van der Waals surface area contributed by atoms with Crippen molar-refractivity contribution in [1.29, 1.82) is 0 Å². The molecule has 0 spiro atoms. The molecule has 0 aliphatic heterocycles. The maximum Gasteiger partial charge on any atom is 0.311 e. The van der Waals surface area contributed by atoms with E-state index in [0.717, 1.165) is 16.0 Å². The van der Waals surface area contributed by atoms with E-state index in [0.29, 0.717) is 41.0 Å². The Balaban J connectivity index is 2.05. The molecule has 0 bridgehead atoms. The van der Waals surface area contributed by atoms with Gasteiger partial charge in [0.05, 0.1) is 11.3 Å². The summed E-state index contributed by atoms with van der Waals surface area (Å²) in [6.45, 7) is 6.15. The van der Waals surface area contributed by atoms with Gasteiger partial charge in [-0.15, -0.1) is 11.3 Å². The average molecular weight is 366 g/mol. The largest absolute Gasteiger partial charge is 0.481 e. The molecule has 0 amide bonds. The van der Waals surface area contributed by atoms with Gasteiger partial charge < -0.3 is 5.11 Å². The van der Waals surface area contributed by atoms with Gasteiger partial charge >= 0.3 is 5.97 Å². The van der Waals surface area contributed by atoms with Crippen LogP contribution in [0, 0.1) is 0 Å². The molecule has 5 nitrogen and oxygen atoms in total. The summed E-state index contributed by atoms with van der Waals surface area (Å²) in [6.07, 6.45) is 1.24. The minimum Gasteiger partial charge on any atom is -0.481 e. The number of carboxylic acid groups (broad SMARTS) is 1. The van der Waals surface area contributed by atoms with E-state index < -0.39 is 11.9 Å². The lowest BCUT2D eigenvalue weighted by molar-refractivity contribution is -0.138. The molecule has 2 aromatic heterocycles. The molecule has 1 N–H and O–H groups in total. The molecule has 1 aromatic carbocycles. The van der Waals surface area contributed by atoms with Gasteiger partial charge in [0, 0.05) is 17.0 Å². The number of carbonyl (C=O) groups is 1. The van der Waals surface area contributed by atoms with E-state index in [4.69, 9.17) is 4.98 Å². The van der Waals surface area contributed by atoms with Crippen molar-refractivity contribution < 1.29 is 9.90 Å². The predicted octanol–water partition coefficient (Wildman–Crippen LogP) is 3.82. The van der Waals surface area contributed by atoms with Gasteiger partial charge in [-0.1, -0.05) is 42.5 Å². The van der Waals surface area contributed by atoms with Gasteiger partial charge in [-0.3, -0.25) is 14.2 Å². The quantitative estimate of drug-likeness (QED) is 0.713. The molecule has 1 unspecified atom stereocenters. The van der Waals surface area contributed by atoms with Crippen molar-refractivity contribution in [2.24, 2.45) is 0 Å². The number of thiophene rings is 1. The van der Waals surface area contributed by atoms with E-state index in [1.54, 1.807) is 4.57 Å². The molecule has 26 heavy (non-hydrogen) atoms. The molecule has 6 heteroatoms. The Morgan fingerprint density at radius 2 is 2.12 bits per heavy atom. The van der Waals surface area contributed by atoms with Crippen molar-refractivity contribution in [2.45, 2.75) is 32.2 Å². The van der Waals surface area contributed by atoms with Gasteiger partial charge in [0.15, 0.2) is 0 Å². The van der Waals surface area contributed by atoms with Gasteiger partial charge in [0.2, 0.25) is 0 Å². The number of benzene rings is 1. The summed E-state index contributed by atoms with van der Waals surface area (Å²) < 4.78 is 1.62. The number of aryl methyl sites for hydroxylation is 1. The van der Waals surface area contributed by atoms with Crippen LogP contribution in [0.2, 0.25) is 0 Å². The molecule has 132 valence electrons. The first-order valence-corrected chi connectivity index (χ1v) is 9.27. The summed E-state index contributed by atoms with van der Waals surface area (Å²) in [7, 11) is 0. The summed E-state index contributed by atoms with van der Waals surface area (Å²) in [5.41, 5.74) is 2.19. The third-order valence-corrected chi connectivity index (χ3v) is 5.85. The zero-order chi connectivity index (χ0) is 18.4. The topological polar surface area (TPSA) is 72.2 Å². The molecule has 1 aliphatic rings. The Morgan fingerprint density at radius 1 is 1.38 bits per heavy atom. The smallest absolute Gasteiger partial charge is 0.311 e. The molecule has 1 atom stereocenters. The summed E-state index contributed by atoms with van der Waals surface area (Å²) in [5, 5.41) is 10.0. The fourth-order valence-electron chi connectivity index (χ4n) is 3.60. The number of nitrogens with zero attached hydrogens (tertiary/aromatic N) is 2. The average Bonchev–Trinajstić information content (AvgIpc) is 3.16. The minimum absolute atomic E-state index is 0.178. The normalized spacial score (nSPS) is 16.0. The van der Waals surface area contributed by atoms with E-state index in [1.807, 2.05) is 37.3 Å². The van der Waals surface area contributed by atoms with Crippen LogP contribution in [0.15, 0.2) is 47.3 Å². The maximum atomic E-state index is 13.3. The first-order chi connectivity index (χ1) is 12.5. The molecular formula is C20H18N2O3S. The van der Waals surface area contributed by atoms with Crippen LogP contribution in [-0.2, 0) is 17.8 Å². The van der Waals surface area contributed by atoms with Gasteiger partial charge in [0.1, 0.15) is 10.7 Å². The molecule has 0 fully saturated rings. The number of aromatic nitrogens is 2. The highest BCUT2D eigenvalue weighted by molar-refractivity contribution is 7.18. The van der Waals surface area contributed by atoms with Crippen LogP contribution in [0.4, 0.5) is 0 Å². The zero-order valence-corrected chi connectivity index (χ0v) is 15.2. The van der Waals surface area contributed by atoms with Crippen molar-refractivity contribution in [2.75, 3.05) is 0 Å². The van der Waals surface area contributed by atoms with E-state index in [9.17, 15) is 14.7 Å². The Labute approximate surface area is 154 Å². The highest BCUT2D eigenvalue weighted by atomic mass is 32.1. The minimum atomic E-state index is -0.874. The molecule has 1 aliphatic carbocycles. The van der Waals surface area contributed by atoms with E-state index >= 15 is 0 Å². The fourth-order valence-corrected chi connectivity index (χ4v) is 4.83. The Kier molecular flexibility index (Phi) is 4.00. The van der Waals surface area contributed by atoms with Crippen LogP contribution in [0.25, 0.3) is 21.6 Å². The summed E-state index contributed by atoms with van der Waals surface area (Å²) >= 11 is 1.45. The second kappa shape index (κ2) is 6.21. The molecule has 0 saturated carbocycles. The van der Waals surface area contributed by atoms with Crippen molar-refractivity contribution in [3.63, 3.8) is 0 Å². The molecular weight excluding hydrogens is 348 g/mol. The van der Waals surface area contributed by atoms with Crippen LogP contribution in [0.5, 0.6) is 0 Å². The van der Waals surface area contributed by atoms with Gasteiger partial charge in [-0.05, 0) is 25.3 Å². The second-order valence-electron chi connectivity index (χ2n) is 6.70. The summed E-state index contributed by atoms with van der Waals surface area (Å²) in [4.78, 5) is 31.3. The van der Waals surface area contributed by atoms with Crippen molar-refractivity contribution in [1.82, 2.24) is 9.55 Å². The van der Waals surface area contributed by atoms with Crippen molar-refractivity contribution in [3.8, 4) is 11.4 Å². The van der Waals surface area contributed by atoms with Crippen LogP contribution in [-0.4, -0.2) is 20.6 Å². The van der Waals surface area contributed by atoms with Gasteiger partial charge in [-0.2, -0.15) is 0 Å². The van der Waals surface area contributed by atoms with Crippen molar-refractivity contribution in [3.05, 3.63) is 63.3 Å². The Morgan fingerprint density at radius 3 is 2.77 bits per heavy atom. The number of rotatable bonds is 4. The van der Waals surface area contributed by atoms with Crippen LogP contribution in [0.1, 0.15) is 29.7 Å². The van der Waals surface area contributed by atoms with Gasteiger partial charge in [0.25, 0.3) is 5.56 Å². The van der Waals surface area contributed by atoms with Crippen LogP contribution in [0.3, 0.4) is 0 Å². The third-order valence-electron chi connectivity index (χ3n) is 4.69. The fraction of sp³-hybridized carbons (Fsp3) is 0.250. The van der Waals surface area contributed by atoms with Crippen LogP contribution >= 0.6 is 11.3 Å². The number of fused-ring (bicyclic) bond motifs is 3. The standard InChI is InChI=1S/C20H18N2O3S/c1-11(2)10-22-17(12-6-4-3-5-7-12)21-18-16(19(22)23)15-13(20(24)25)8-9-14(15)26-18/h3-7,13H,1,8-10H2,2H3,(H,24,25). The first-order valence-electron chi connectivity index (χ1n) is 8.46. The molecule has 3 aromatic rings. The highest BCUT2D eigenvalue weighted by Crippen LogP contribution is 2.42. The molecule has 0 radical (unpaired) electrons. The van der Waals surface area contributed by atoms with Gasteiger partial charge in [-0.25, -0.2) is 4.98 Å². The number of aliphatic carboxylic acids is 1. The lowest BCUT2D eigenvalue weighted by Crippen LogP contribution is -2.24. The molecule has 2 heterocycles. The first kappa shape index (κ1) is 16.7. The van der Waals surface area contributed by atoms with E-state index in [1.165, 1.54) is 11.3 Å². The second-order valence-corrected chi connectivity index (χ2v) is 7.78. The monoisotopic (exact) mass is 366 g/mol. The van der Waals surface area contributed by atoms with E-state index in [2.05, 4.69) is 6.58 Å². The zero-order valence-electron chi connectivity index (χ0n) is 14.4. The van der Waals surface area contributed by atoms with E-state index in [-0.39, 0.29) is 5.56 Å².